The van der Waals surface area contributed by atoms with E-state index in [9.17, 15) is 10.1 Å². The number of hydrogen-bond donors (Lipinski definition) is 1. The van der Waals surface area contributed by atoms with E-state index in [0.29, 0.717) is 17.1 Å². The van der Waals surface area contributed by atoms with Gasteiger partial charge in [0.15, 0.2) is 0 Å². The number of nitro groups is 1. The van der Waals surface area contributed by atoms with Gasteiger partial charge >= 0.3 is 5.69 Å². The van der Waals surface area contributed by atoms with Crippen molar-refractivity contribution < 1.29 is 4.92 Å². The Morgan fingerprint density at radius 3 is 2.60 bits per heavy atom. The molecule has 0 radical (unpaired) electrons. The van der Waals surface area contributed by atoms with Gasteiger partial charge in [-0.3, -0.25) is 10.1 Å². The first-order valence-corrected chi connectivity index (χ1v) is 7.93. The van der Waals surface area contributed by atoms with Crippen LogP contribution in [0.5, 0.6) is 0 Å². The summed E-state index contributed by atoms with van der Waals surface area (Å²) < 4.78 is 0.822. The van der Waals surface area contributed by atoms with Crippen LogP contribution in [0.2, 0.25) is 0 Å². The van der Waals surface area contributed by atoms with Crippen molar-refractivity contribution in [3.8, 4) is 0 Å². The summed E-state index contributed by atoms with van der Waals surface area (Å²) in [6.45, 7) is 0.548. The zero-order chi connectivity index (χ0) is 14.5. The maximum atomic E-state index is 11.3. The van der Waals surface area contributed by atoms with Gasteiger partial charge in [0.05, 0.1) is 9.82 Å². The van der Waals surface area contributed by atoms with Crippen LogP contribution in [0.3, 0.4) is 0 Å². The Hall–Kier alpha value is -1.53. The van der Waals surface area contributed by atoms with Crippen LogP contribution < -0.4 is 5.32 Å². The van der Waals surface area contributed by atoms with E-state index in [0.717, 1.165) is 10.0 Å². The van der Waals surface area contributed by atoms with Crippen LogP contribution in [0.25, 0.3) is 0 Å². The zero-order valence-corrected chi connectivity index (χ0v) is 13.2. The summed E-state index contributed by atoms with van der Waals surface area (Å²) in [4.78, 5) is 11.6. The molecule has 4 nitrogen and oxygen atoms in total. The lowest BCUT2D eigenvalue weighted by Crippen LogP contribution is -2.03. The molecular formula is C14H13BrN2O2S. The Morgan fingerprint density at radius 1 is 1.30 bits per heavy atom. The predicted octanol–water partition coefficient (Wildman–Crippen LogP) is 4.69. The number of nitrogens with zero attached hydrogens (tertiary/aromatic N) is 1. The Labute approximate surface area is 129 Å². The molecule has 6 heteroatoms. The Balaban J connectivity index is 2.30. The first-order chi connectivity index (χ1) is 9.61. The molecule has 0 aliphatic carbocycles. The van der Waals surface area contributed by atoms with E-state index in [1.54, 1.807) is 12.1 Å². The quantitative estimate of drug-likeness (QED) is 0.481. The third-order valence-corrected chi connectivity index (χ3v) is 3.98. The lowest BCUT2D eigenvalue weighted by molar-refractivity contribution is -0.386. The fourth-order valence-electron chi connectivity index (χ4n) is 1.85. The normalized spacial score (nSPS) is 10.3. The van der Waals surface area contributed by atoms with Crippen LogP contribution in [0.15, 0.2) is 51.8 Å². The molecule has 2 rings (SSSR count). The van der Waals surface area contributed by atoms with E-state index in [1.807, 2.05) is 36.6 Å². The topological polar surface area (TPSA) is 55.2 Å². The van der Waals surface area contributed by atoms with Crippen molar-refractivity contribution in [1.29, 1.82) is 0 Å². The molecule has 0 aliphatic rings. The molecule has 2 aromatic carbocycles. The van der Waals surface area contributed by atoms with Gasteiger partial charge in [-0.2, -0.15) is 0 Å². The van der Waals surface area contributed by atoms with Crippen LogP contribution in [-0.2, 0) is 6.54 Å². The van der Waals surface area contributed by atoms with Crippen LogP contribution in [0.4, 0.5) is 11.4 Å². The van der Waals surface area contributed by atoms with Gasteiger partial charge in [0.2, 0.25) is 0 Å². The summed E-state index contributed by atoms with van der Waals surface area (Å²) in [6, 6.07) is 13.3. The minimum Gasteiger partial charge on any atom is -0.375 e. The maximum Gasteiger partial charge on any atom is 0.305 e. The monoisotopic (exact) mass is 352 g/mol. The molecule has 0 fully saturated rings. The second-order valence-corrected chi connectivity index (χ2v) is 5.86. The molecular weight excluding hydrogens is 340 g/mol. The molecule has 0 spiro atoms. The Morgan fingerprint density at radius 2 is 2.00 bits per heavy atom. The zero-order valence-electron chi connectivity index (χ0n) is 10.8. The van der Waals surface area contributed by atoms with Crippen molar-refractivity contribution in [3.05, 3.63) is 62.6 Å². The number of nitro benzene ring substituents is 1. The van der Waals surface area contributed by atoms with Crippen molar-refractivity contribution in [1.82, 2.24) is 0 Å². The summed E-state index contributed by atoms with van der Waals surface area (Å²) in [7, 11) is 0. The third kappa shape index (κ3) is 3.52. The lowest BCUT2D eigenvalue weighted by Gasteiger charge is -2.10. The highest BCUT2D eigenvalue weighted by atomic mass is 79.9. The average Bonchev–Trinajstić information content (AvgIpc) is 2.45. The molecule has 0 saturated heterocycles. The molecule has 0 heterocycles. The molecule has 0 bridgehead atoms. The van der Waals surface area contributed by atoms with Crippen molar-refractivity contribution in [2.24, 2.45) is 0 Å². The maximum absolute atomic E-state index is 11.3. The second kappa shape index (κ2) is 6.76. The molecule has 1 N–H and O–H groups in total. The van der Waals surface area contributed by atoms with Gasteiger partial charge in [-0.1, -0.05) is 46.3 Å². The highest BCUT2D eigenvalue weighted by molar-refractivity contribution is 9.10. The van der Waals surface area contributed by atoms with Crippen LogP contribution in [0.1, 0.15) is 5.56 Å². The van der Waals surface area contributed by atoms with Gasteiger partial charge in [-0.05, 0) is 24.0 Å². The van der Waals surface area contributed by atoms with Crippen LogP contribution in [-0.4, -0.2) is 11.2 Å². The highest BCUT2D eigenvalue weighted by Crippen LogP contribution is 2.37. The van der Waals surface area contributed by atoms with E-state index in [1.165, 1.54) is 11.8 Å². The number of nitrogens with one attached hydrogen (secondary N) is 1. The largest absolute Gasteiger partial charge is 0.375 e. The molecule has 0 amide bonds. The first kappa shape index (κ1) is 14.9. The van der Waals surface area contributed by atoms with E-state index >= 15 is 0 Å². The number of hydrogen-bond acceptors (Lipinski definition) is 4. The van der Waals surface area contributed by atoms with Gasteiger partial charge in [0.1, 0.15) is 5.69 Å². The van der Waals surface area contributed by atoms with Gasteiger partial charge in [-0.15, -0.1) is 11.8 Å². The van der Waals surface area contributed by atoms with Crippen molar-refractivity contribution >= 4 is 39.1 Å². The van der Waals surface area contributed by atoms with E-state index in [4.69, 9.17) is 0 Å². The van der Waals surface area contributed by atoms with E-state index in [2.05, 4.69) is 21.2 Å². The van der Waals surface area contributed by atoms with Gasteiger partial charge in [-0.25, -0.2) is 0 Å². The van der Waals surface area contributed by atoms with E-state index in [-0.39, 0.29) is 10.6 Å². The van der Waals surface area contributed by atoms with Crippen molar-refractivity contribution in [2.75, 3.05) is 11.6 Å². The van der Waals surface area contributed by atoms with Crippen molar-refractivity contribution in [2.45, 2.75) is 11.4 Å². The van der Waals surface area contributed by atoms with Crippen LogP contribution in [0, 0.1) is 10.1 Å². The first-order valence-electron chi connectivity index (χ1n) is 5.91. The minimum atomic E-state index is -0.342. The molecule has 104 valence electrons. The second-order valence-electron chi connectivity index (χ2n) is 4.10. The summed E-state index contributed by atoms with van der Waals surface area (Å²) in [5.74, 6) is 0. The molecule has 0 aromatic heterocycles. The van der Waals surface area contributed by atoms with Gasteiger partial charge in [0, 0.05) is 11.0 Å². The fraction of sp³-hybridized carbons (Fsp3) is 0.143. The predicted molar refractivity (Wildman–Crippen MR) is 86.3 cm³/mol. The fourth-order valence-corrected chi connectivity index (χ4v) is 3.08. The molecule has 0 unspecified atom stereocenters. The van der Waals surface area contributed by atoms with E-state index < -0.39 is 0 Å². The summed E-state index contributed by atoms with van der Waals surface area (Å²) in [5.41, 5.74) is 1.72. The minimum absolute atomic E-state index is 0.122. The highest BCUT2D eigenvalue weighted by Gasteiger charge is 2.20. The third-order valence-electron chi connectivity index (χ3n) is 2.77. The van der Waals surface area contributed by atoms with Gasteiger partial charge in [0.25, 0.3) is 0 Å². The summed E-state index contributed by atoms with van der Waals surface area (Å²) in [6.07, 6.45) is 1.83. The lowest BCUT2D eigenvalue weighted by atomic mass is 10.2. The number of thioether (sulfide) groups is 1. The van der Waals surface area contributed by atoms with Crippen molar-refractivity contribution in [3.63, 3.8) is 0 Å². The summed E-state index contributed by atoms with van der Waals surface area (Å²) >= 11 is 4.75. The number of rotatable bonds is 5. The SMILES string of the molecule is CSc1cc(Br)cc(NCc2ccccc2)c1[N+](=O)[O-]. The average molecular weight is 353 g/mol. The van der Waals surface area contributed by atoms with Crippen LogP contribution >= 0.6 is 27.7 Å². The Bertz CT molecular complexity index is 620. The standard InChI is InChI=1S/C14H13BrN2O2S/c1-20-13-8-11(15)7-12(14(13)17(18)19)16-9-10-5-3-2-4-6-10/h2-8,16H,9H2,1H3. The number of halogens is 1. The smallest absolute Gasteiger partial charge is 0.305 e. The van der Waals surface area contributed by atoms with Gasteiger partial charge < -0.3 is 5.32 Å². The number of benzene rings is 2. The molecule has 0 aliphatic heterocycles. The molecule has 20 heavy (non-hydrogen) atoms. The summed E-state index contributed by atoms with van der Waals surface area (Å²) in [5, 5.41) is 14.4. The molecule has 0 atom stereocenters. The molecule has 2 aromatic rings. The number of anilines is 1. The molecule has 0 saturated carbocycles. The Kier molecular flexibility index (Phi) is 5.03.